The molecule has 3 nitrogen and oxygen atoms in total. The molecule has 0 spiro atoms. The molecule has 0 aliphatic heterocycles. The minimum absolute atomic E-state index is 0.0186. The topological polar surface area (TPSA) is 46.2 Å². The van der Waals surface area contributed by atoms with Crippen molar-refractivity contribution in [3.05, 3.63) is 26.7 Å². The van der Waals surface area contributed by atoms with Gasteiger partial charge in [0, 0.05) is 16.4 Å². The Morgan fingerprint density at radius 2 is 1.71 bits per heavy atom. The zero-order valence-corrected chi connectivity index (χ0v) is 16.6. The van der Waals surface area contributed by atoms with Crippen molar-refractivity contribution < 1.29 is 8.42 Å². The first-order valence-electron chi connectivity index (χ1n) is 6.21. The smallest absolute Gasteiger partial charge is 0.210 e. The van der Waals surface area contributed by atoms with E-state index in [2.05, 4.69) is 20.7 Å². The van der Waals surface area contributed by atoms with Crippen molar-refractivity contribution in [3.63, 3.8) is 0 Å². The van der Waals surface area contributed by atoms with Gasteiger partial charge in [0.05, 0.1) is 10.0 Å². The summed E-state index contributed by atoms with van der Waals surface area (Å²) in [6.07, 6.45) is 0.679. The number of alkyl halides is 1. The van der Waals surface area contributed by atoms with E-state index in [-0.39, 0.29) is 32.3 Å². The monoisotopic (exact) mass is 435 g/mol. The standard InChI is InChI=1S/C13H17BrCl3NO2S/c1-13(2,3)6-9(15)7-18-21(19,20)12-10(16)4-8(14)5-11(12)17/h4-5,9,18H,6-7H2,1-3H3. The highest BCUT2D eigenvalue weighted by molar-refractivity contribution is 9.10. The molecule has 0 fully saturated rings. The molecule has 1 unspecified atom stereocenters. The molecule has 0 aromatic heterocycles. The van der Waals surface area contributed by atoms with Gasteiger partial charge < -0.3 is 0 Å². The molecule has 0 heterocycles. The normalized spacial score (nSPS) is 14.2. The summed E-state index contributed by atoms with van der Waals surface area (Å²) in [7, 11) is -3.81. The number of sulfonamides is 1. The van der Waals surface area contributed by atoms with E-state index in [0.29, 0.717) is 10.9 Å². The van der Waals surface area contributed by atoms with Gasteiger partial charge in [0.2, 0.25) is 10.0 Å². The summed E-state index contributed by atoms with van der Waals surface area (Å²) in [5.41, 5.74) is 0.0186. The first kappa shape index (κ1) is 19.5. The van der Waals surface area contributed by atoms with Crippen molar-refractivity contribution in [3.8, 4) is 0 Å². The summed E-state index contributed by atoms with van der Waals surface area (Å²) in [5.74, 6) is 0. The molecule has 0 aliphatic rings. The van der Waals surface area contributed by atoms with E-state index in [9.17, 15) is 8.42 Å². The number of benzene rings is 1. The van der Waals surface area contributed by atoms with Crippen LogP contribution in [0.2, 0.25) is 10.0 Å². The van der Waals surface area contributed by atoms with Crippen molar-refractivity contribution in [2.24, 2.45) is 5.41 Å². The molecule has 1 atom stereocenters. The summed E-state index contributed by atoms with van der Waals surface area (Å²) in [6.45, 7) is 6.24. The minimum atomic E-state index is -3.81. The second-order valence-corrected chi connectivity index (χ2v) is 9.96. The highest BCUT2D eigenvalue weighted by Gasteiger charge is 2.24. The van der Waals surface area contributed by atoms with Gasteiger partial charge in [0.1, 0.15) is 4.90 Å². The van der Waals surface area contributed by atoms with Crippen LogP contribution in [0.15, 0.2) is 21.5 Å². The van der Waals surface area contributed by atoms with Gasteiger partial charge in [0.25, 0.3) is 0 Å². The molecule has 1 aromatic carbocycles. The lowest BCUT2D eigenvalue weighted by Crippen LogP contribution is -2.32. The van der Waals surface area contributed by atoms with Crippen LogP contribution in [0.25, 0.3) is 0 Å². The zero-order valence-electron chi connectivity index (χ0n) is 11.9. The van der Waals surface area contributed by atoms with Crippen molar-refractivity contribution in [1.82, 2.24) is 4.72 Å². The van der Waals surface area contributed by atoms with Crippen molar-refractivity contribution >= 4 is 60.8 Å². The Hall–Kier alpha value is 0.480. The molecule has 0 saturated carbocycles. The maximum atomic E-state index is 12.3. The third-order valence-electron chi connectivity index (χ3n) is 2.56. The molecule has 120 valence electrons. The van der Waals surface area contributed by atoms with Gasteiger partial charge in [-0.25, -0.2) is 13.1 Å². The third-order valence-corrected chi connectivity index (χ3v) is 5.67. The number of hydrogen-bond acceptors (Lipinski definition) is 2. The SMILES string of the molecule is CC(C)(C)CC(Cl)CNS(=O)(=O)c1c(Cl)cc(Br)cc1Cl. The van der Waals surface area contributed by atoms with Crippen molar-refractivity contribution in [1.29, 1.82) is 0 Å². The predicted octanol–water partition coefficient (Wildman–Crippen LogP) is 5.08. The number of rotatable bonds is 5. The number of nitrogens with one attached hydrogen (secondary N) is 1. The predicted molar refractivity (Wildman–Crippen MR) is 93.1 cm³/mol. The van der Waals surface area contributed by atoms with Gasteiger partial charge in [-0.3, -0.25) is 0 Å². The van der Waals surface area contributed by atoms with Gasteiger partial charge in [-0.1, -0.05) is 59.9 Å². The Bertz CT molecular complexity index is 591. The first-order valence-corrected chi connectivity index (χ1v) is 9.67. The lowest BCUT2D eigenvalue weighted by molar-refractivity contribution is 0.369. The van der Waals surface area contributed by atoms with Crippen LogP contribution in [0.5, 0.6) is 0 Å². The Morgan fingerprint density at radius 1 is 1.24 bits per heavy atom. The molecule has 0 aliphatic carbocycles. The van der Waals surface area contributed by atoms with Gasteiger partial charge >= 0.3 is 0 Å². The van der Waals surface area contributed by atoms with E-state index >= 15 is 0 Å². The average Bonchev–Trinajstić information content (AvgIpc) is 2.22. The lowest BCUT2D eigenvalue weighted by Gasteiger charge is -2.22. The number of hydrogen-bond donors (Lipinski definition) is 1. The van der Waals surface area contributed by atoms with Gasteiger partial charge in [-0.2, -0.15) is 0 Å². The minimum Gasteiger partial charge on any atom is -0.210 e. The lowest BCUT2D eigenvalue weighted by atomic mass is 9.90. The molecular weight excluding hydrogens is 420 g/mol. The molecule has 0 radical (unpaired) electrons. The van der Waals surface area contributed by atoms with Crippen molar-refractivity contribution in [2.45, 2.75) is 37.5 Å². The molecule has 21 heavy (non-hydrogen) atoms. The average molecular weight is 438 g/mol. The fourth-order valence-electron chi connectivity index (χ4n) is 1.79. The van der Waals surface area contributed by atoms with Crippen LogP contribution in [0.4, 0.5) is 0 Å². The van der Waals surface area contributed by atoms with Crippen LogP contribution < -0.4 is 4.72 Å². The van der Waals surface area contributed by atoms with E-state index in [0.717, 1.165) is 0 Å². The molecule has 1 rings (SSSR count). The molecule has 1 aromatic rings. The van der Waals surface area contributed by atoms with Gasteiger partial charge in [-0.05, 0) is 24.0 Å². The summed E-state index contributed by atoms with van der Waals surface area (Å²) in [4.78, 5) is -0.131. The molecule has 0 bridgehead atoms. The first-order chi connectivity index (χ1) is 9.42. The Balaban J connectivity index is 2.89. The van der Waals surface area contributed by atoms with E-state index in [4.69, 9.17) is 34.8 Å². The fourth-order valence-corrected chi connectivity index (χ4v) is 5.44. The maximum absolute atomic E-state index is 12.3. The summed E-state index contributed by atoms with van der Waals surface area (Å²) < 4.78 is 27.7. The van der Waals surface area contributed by atoms with Crippen LogP contribution in [-0.4, -0.2) is 20.3 Å². The van der Waals surface area contributed by atoms with E-state index in [1.165, 1.54) is 12.1 Å². The molecule has 8 heteroatoms. The number of halogens is 4. The van der Waals surface area contributed by atoms with E-state index < -0.39 is 10.0 Å². The van der Waals surface area contributed by atoms with Crippen LogP contribution >= 0.6 is 50.7 Å². The Kier molecular flexibility index (Phi) is 6.85. The van der Waals surface area contributed by atoms with E-state index in [1.54, 1.807) is 0 Å². The maximum Gasteiger partial charge on any atom is 0.243 e. The van der Waals surface area contributed by atoms with Crippen LogP contribution in [0, 0.1) is 5.41 Å². The van der Waals surface area contributed by atoms with E-state index in [1.807, 2.05) is 20.8 Å². The molecule has 0 saturated heterocycles. The third kappa shape index (κ3) is 6.24. The summed E-state index contributed by atoms with van der Waals surface area (Å²) in [5, 5.41) is -0.194. The zero-order chi connectivity index (χ0) is 16.4. The van der Waals surface area contributed by atoms with Crippen LogP contribution in [0.3, 0.4) is 0 Å². The summed E-state index contributed by atoms with van der Waals surface area (Å²) in [6, 6.07) is 2.96. The van der Waals surface area contributed by atoms with Crippen LogP contribution in [-0.2, 0) is 10.0 Å². The fraction of sp³-hybridized carbons (Fsp3) is 0.538. The second kappa shape index (κ2) is 7.37. The molecular formula is C13H17BrCl3NO2S. The quantitative estimate of drug-likeness (QED) is 0.653. The summed E-state index contributed by atoms with van der Waals surface area (Å²) >= 11 is 21.3. The molecule has 1 N–H and O–H groups in total. The Labute approximate surface area is 149 Å². The molecule has 0 amide bonds. The van der Waals surface area contributed by atoms with Crippen LogP contribution in [0.1, 0.15) is 27.2 Å². The highest BCUT2D eigenvalue weighted by Crippen LogP contribution is 2.33. The van der Waals surface area contributed by atoms with Crippen molar-refractivity contribution in [2.75, 3.05) is 6.54 Å². The largest absolute Gasteiger partial charge is 0.243 e. The highest BCUT2D eigenvalue weighted by atomic mass is 79.9. The van der Waals surface area contributed by atoms with Gasteiger partial charge in [0.15, 0.2) is 0 Å². The Morgan fingerprint density at radius 3 is 2.14 bits per heavy atom. The van der Waals surface area contributed by atoms with Gasteiger partial charge in [-0.15, -0.1) is 11.6 Å². The second-order valence-electron chi connectivity index (χ2n) is 5.91.